The molecule has 0 atom stereocenters. The van der Waals surface area contributed by atoms with Crippen LogP contribution in [-0.2, 0) is 11.2 Å². The normalized spacial score (nSPS) is 11.1. The standard InChI is InChI=1S/C21H19N3O3/c1-15(23-24-20(25)13-16-7-3-2-4-8-16)17-9-5-10-18(14-17)22-21(26)19-11-6-12-27-19/h2-12,14H,13H2,1H3,(H,22,26)(H,24,25)/b23-15-. The molecule has 0 saturated heterocycles. The summed E-state index contributed by atoms with van der Waals surface area (Å²) in [6.45, 7) is 1.79. The molecule has 2 aromatic carbocycles. The Balaban J connectivity index is 1.62. The molecule has 6 heteroatoms. The molecule has 0 bridgehead atoms. The first-order chi connectivity index (χ1) is 13.1. The number of anilines is 1. The van der Waals surface area contributed by atoms with E-state index in [-0.39, 0.29) is 24.0 Å². The molecule has 0 aliphatic carbocycles. The Hall–Kier alpha value is -3.67. The van der Waals surface area contributed by atoms with E-state index in [0.29, 0.717) is 11.4 Å². The first kappa shape index (κ1) is 18.1. The number of carbonyl (C=O) groups is 2. The van der Waals surface area contributed by atoms with Crippen LogP contribution in [0.3, 0.4) is 0 Å². The van der Waals surface area contributed by atoms with Crippen molar-refractivity contribution in [3.05, 3.63) is 89.9 Å². The maximum atomic E-state index is 12.1. The van der Waals surface area contributed by atoms with E-state index in [9.17, 15) is 9.59 Å². The van der Waals surface area contributed by atoms with Crippen molar-refractivity contribution in [2.75, 3.05) is 5.32 Å². The van der Waals surface area contributed by atoms with Gasteiger partial charge in [0.2, 0.25) is 5.91 Å². The van der Waals surface area contributed by atoms with E-state index in [0.717, 1.165) is 11.1 Å². The number of benzene rings is 2. The monoisotopic (exact) mass is 361 g/mol. The molecule has 0 spiro atoms. The fourth-order valence-corrected chi connectivity index (χ4v) is 2.45. The van der Waals surface area contributed by atoms with Crippen LogP contribution in [-0.4, -0.2) is 17.5 Å². The number of hydrogen-bond donors (Lipinski definition) is 2. The van der Waals surface area contributed by atoms with Crippen LogP contribution < -0.4 is 10.7 Å². The highest BCUT2D eigenvalue weighted by atomic mass is 16.3. The predicted molar refractivity (Wildman–Crippen MR) is 104 cm³/mol. The van der Waals surface area contributed by atoms with E-state index >= 15 is 0 Å². The Morgan fingerprint density at radius 3 is 2.56 bits per heavy atom. The number of rotatable bonds is 6. The number of furan rings is 1. The molecule has 2 N–H and O–H groups in total. The Kier molecular flexibility index (Phi) is 5.79. The SMILES string of the molecule is C/C(=N/NC(=O)Cc1ccccc1)c1cccc(NC(=O)c2ccco2)c1. The van der Waals surface area contributed by atoms with Gasteiger partial charge in [0.25, 0.3) is 5.91 Å². The van der Waals surface area contributed by atoms with Crippen molar-refractivity contribution in [2.24, 2.45) is 5.10 Å². The van der Waals surface area contributed by atoms with Crippen molar-refractivity contribution >= 4 is 23.2 Å². The molecule has 0 saturated carbocycles. The van der Waals surface area contributed by atoms with Gasteiger partial charge in [0.05, 0.1) is 18.4 Å². The highest BCUT2D eigenvalue weighted by Gasteiger charge is 2.09. The Morgan fingerprint density at radius 2 is 1.81 bits per heavy atom. The average Bonchev–Trinajstić information content (AvgIpc) is 3.22. The molecule has 0 aliphatic rings. The minimum Gasteiger partial charge on any atom is -0.459 e. The predicted octanol–water partition coefficient (Wildman–Crippen LogP) is 3.61. The fourth-order valence-electron chi connectivity index (χ4n) is 2.45. The topological polar surface area (TPSA) is 83.7 Å². The van der Waals surface area contributed by atoms with E-state index in [1.165, 1.54) is 6.26 Å². The van der Waals surface area contributed by atoms with Gasteiger partial charge in [-0.1, -0.05) is 42.5 Å². The van der Waals surface area contributed by atoms with Gasteiger partial charge < -0.3 is 9.73 Å². The second kappa shape index (κ2) is 8.62. The Labute approximate surface area is 156 Å². The molecule has 3 rings (SSSR count). The number of nitrogens with zero attached hydrogens (tertiary/aromatic N) is 1. The summed E-state index contributed by atoms with van der Waals surface area (Å²) < 4.78 is 5.08. The van der Waals surface area contributed by atoms with Crippen molar-refractivity contribution in [1.29, 1.82) is 0 Å². The number of nitrogens with one attached hydrogen (secondary N) is 2. The van der Waals surface area contributed by atoms with E-state index in [1.54, 1.807) is 37.3 Å². The smallest absolute Gasteiger partial charge is 0.291 e. The van der Waals surface area contributed by atoms with E-state index in [2.05, 4.69) is 15.8 Å². The van der Waals surface area contributed by atoms with Gasteiger partial charge in [0.1, 0.15) is 0 Å². The van der Waals surface area contributed by atoms with Crippen LogP contribution in [0.1, 0.15) is 28.6 Å². The number of amides is 2. The van der Waals surface area contributed by atoms with Gasteiger partial charge in [-0.3, -0.25) is 9.59 Å². The molecule has 0 fully saturated rings. The van der Waals surface area contributed by atoms with Crippen molar-refractivity contribution < 1.29 is 14.0 Å². The zero-order chi connectivity index (χ0) is 19.1. The van der Waals surface area contributed by atoms with Crippen molar-refractivity contribution in [1.82, 2.24) is 5.43 Å². The lowest BCUT2D eigenvalue weighted by atomic mass is 10.1. The second-order valence-corrected chi connectivity index (χ2v) is 5.91. The summed E-state index contributed by atoms with van der Waals surface area (Å²) in [6, 6.07) is 19.9. The summed E-state index contributed by atoms with van der Waals surface area (Å²) >= 11 is 0. The molecule has 2 amide bonds. The number of hydrazone groups is 1. The molecule has 1 heterocycles. The first-order valence-corrected chi connectivity index (χ1v) is 8.44. The maximum Gasteiger partial charge on any atom is 0.291 e. The molecule has 136 valence electrons. The van der Waals surface area contributed by atoms with Gasteiger partial charge in [-0.05, 0) is 42.3 Å². The summed E-state index contributed by atoms with van der Waals surface area (Å²) in [5, 5.41) is 6.91. The van der Waals surface area contributed by atoms with E-state index in [4.69, 9.17) is 4.42 Å². The lowest BCUT2D eigenvalue weighted by molar-refractivity contribution is -0.120. The molecule has 3 aromatic rings. The first-order valence-electron chi connectivity index (χ1n) is 8.44. The van der Waals surface area contributed by atoms with E-state index in [1.807, 2.05) is 36.4 Å². The second-order valence-electron chi connectivity index (χ2n) is 5.91. The van der Waals surface area contributed by atoms with Crippen LogP contribution in [0.2, 0.25) is 0 Å². The van der Waals surface area contributed by atoms with Gasteiger partial charge in [-0.2, -0.15) is 5.10 Å². The third-order valence-corrected chi connectivity index (χ3v) is 3.84. The van der Waals surface area contributed by atoms with Gasteiger partial charge in [0.15, 0.2) is 5.76 Å². The Morgan fingerprint density at radius 1 is 1.00 bits per heavy atom. The molecule has 27 heavy (non-hydrogen) atoms. The zero-order valence-electron chi connectivity index (χ0n) is 14.8. The van der Waals surface area contributed by atoms with Crippen molar-refractivity contribution in [3.63, 3.8) is 0 Å². The molecule has 0 radical (unpaired) electrons. The van der Waals surface area contributed by atoms with Gasteiger partial charge >= 0.3 is 0 Å². The molecular weight excluding hydrogens is 342 g/mol. The molecule has 1 aromatic heterocycles. The lowest BCUT2D eigenvalue weighted by Crippen LogP contribution is -2.21. The Bertz CT molecular complexity index is 948. The number of hydrogen-bond acceptors (Lipinski definition) is 4. The van der Waals surface area contributed by atoms with Crippen LogP contribution >= 0.6 is 0 Å². The summed E-state index contributed by atoms with van der Waals surface area (Å²) in [4.78, 5) is 24.1. The van der Waals surface area contributed by atoms with Crippen LogP contribution in [0.4, 0.5) is 5.69 Å². The average molecular weight is 361 g/mol. The van der Waals surface area contributed by atoms with Crippen LogP contribution in [0.25, 0.3) is 0 Å². The summed E-state index contributed by atoms with van der Waals surface area (Å²) in [7, 11) is 0. The largest absolute Gasteiger partial charge is 0.459 e. The quantitative estimate of drug-likeness (QED) is 0.520. The highest BCUT2D eigenvalue weighted by Crippen LogP contribution is 2.13. The van der Waals surface area contributed by atoms with Crippen LogP contribution in [0.15, 0.2) is 82.5 Å². The van der Waals surface area contributed by atoms with Gasteiger partial charge in [-0.25, -0.2) is 5.43 Å². The molecule has 0 aliphatic heterocycles. The third kappa shape index (κ3) is 5.15. The maximum absolute atomic E-state index is 12.1. The van der Waals surface area contributed by atoms with Gasteiger partial charge in [-0.15, -0.1) is 0 Å². The molecular formula is C21H19N3O3. The third-order valence-electron chi connectivity index (χ3n) is 3.84. The summed E-state index contributed by atoms with van der Waals surface area (Å²) in [5.41, 5.74) is 5.51. The summed E-state index contributed by atoms with van der Waals surface area (Å²) in [6.07, 6.45) is 1.71. The van der Waals surface area contributed by atoms with Gasteiger partial charge in [0, 0.05) is 5.69 Å². The van der Waals surface area contributed by atoms with Crippen LogP contribution in [0.5, 0.6) is 0 Å². The highest BCUT2D eigenvalue weighted by molar-refractivity contribution is 6.04. The minimum absolute atomic E-state index is 0.192. The molecule has 6 nitrogen and oxygen atoms in total. The minimum atomic E-state index is -0.331. The lowest BCUT2D eigenvalue weighted by Gasteiger charge is -2.07. The zero-order valence-corrected chi connectivity index (χ0v) is 14.8. The fraction of sp³-hybridized carbons (Fsp3) is 0.0952. The van der Waals surface area contributed by atoms with Crippen LogP contribution in [0, 0.1) is 0 Å². The summed E-state index contributed by atoms with van der Waals surface area (Å²) in [5.74, 6) is -0.287. The molecule has 0 unspecified atom stereocenters. The van der Waals surface area contributed by atoms with Crippen molar-refractivity contribution in [3.8, 4) is 0 Å². The van der Waals surface area contributed by atoms with E-state index < -0.39 is 0 Å². The van der Waals surface area contributed by atoms with Crippen molar-refractivity contribution in [2.45, 2.75) is 13.3 Å². The number of carbonyl (C=O) groups excluding carboxylic acids is 2.